The average Bonchev–Trinajstić information content (AvgIpc) is 3.47. The van der Waals surface area contributed by atoms with Crippen molar-refractivity contribution < 1.29 is 19.4 Å². The number of benzene rings is 3. The number of aliphatic imine (C=N–C) groups is 1. The summed E-state index contributed by atoms with van der Waals surface area (Å²) in [4.78, 5) is 34.2. The van der Waals surface area contributed by atoms with Gasteiger partial charge in [0.25, 0.3) is 0 Å². The number of ether oxygens (including phenoxy) is 1. The van der Waals surface area contributed by atoms with Crippen molar-refractivity contribution in [3.05, 3.63) is 89.0 Å². The molecule has 1 aliphatic heterocycles. The average molecular weight is 483 g/mol. The maximum absolute atomic E-state index is 12.4. The second-order valence-corrected chi connectivity index (χ2v) is 8.57. The molecule has 0 saturated carbocycles. The molecule has 182 valence electrons. The standard InChI is InChI=1S/C28H26N4O4/c1-29-16-24(33)32-13-12-18-14-20(9-11-23(18)32)30-26(17-6-4-3-5-7-17)25-21-10-8-19(28(35)36-2)15-22(21)31-27(25)34/h3-11,14-15,29,31,34H,12-13,16H2,1-2H3. The van der Waals surface area contributed by atoms with Crippen LogP contribution in [0.3, 0.4) is 0 Å². The van der Waals surface area contributed by atoms with Gasteiger partial charge in [0, 0.05) is 28.7 Å². The lowest BCUT2D eigenvalue weighted by Gasteiger charge is -2.17. The van der Waals surface area contributed by atoms with Gasteiger partial charge in [0.1, 0.15) is 0 Å². The van der Waals surface area contributed by atoms with Crippen molar-refractivity contribution in [2.45, 2.75) is 6.42 Å². The van der Waals surface area contributed by atoms with E-state index in [1.54, 1.807) is 30.1 Å². The molecule has 0 radical (unpaired) electrons. The molecule has 1 amide bonds. The molecule has 8 heteroatoms. The van der Waals surface area contributed by atoms with Crippen molar-refractivity contribution >= 4 is 39.9 Å². The zero-order valence-electron chi connectivity index (χ0n) is 20.0. The Kier molecular flexibility index (Phi) is 6.26. The third-order valence-corrected chi connectivity index (χ3v) is 6.31. The highest BCUT2D eigenvalue weighted by molar-refractivity contribution is 6.22. The second-order valence-electron chi connectivity index (χ2n) is 8.57. The molecular weight excluding hydrogens is 456 g/mol. The van der Waals surface area contributed by atoms with Crippen molar-refractivity contribution in [3.63, 3.8) is 0 Å². The predicted molar refractivity (Wildman–Crippen MR) is 139 cm³/mol. The van der Waals surface area contributed by atoms with E-state index < -0.39 is 5.97 Å². The molecular formula is C28H26N4O4. The van der Waals surface area contributed by atoms with Crippen molar-refractivity contribution in [3.8, 4) is 5.88 Å². The number of hydrogen-bond donors (Lipinski definition) is 3. The fraction of sp³-hybridized carbons (Fsp3) is 0.179. The fourth-order valence-electron chi connectivity index (χ4n) is 4.62. The van der Waals surface area contributed by atoms with Crippen LogP contribution in [0.1, 0.15) is 27.0 Å². The van der Waals surface area contributed by atoms with E-state index in [0.29, 0.717) is 28.9 Å². The van der Waals surface area contributed by atoms with E-state index in [2.05, 4.69) is 10.3 Å². The summed E-state index contributed by atoms with van der Waals surface area (Å²) in [6.07, 6.45) is 0.753. The quantitative estimate of drug-likeness (QED) is 0.285. The summed E-state index contributed by atoms with van der Waals surface area (Å²) < 4.78 is 4.82. The van der Waals surface area contributed by atoms with Crippen molar-refractivity contribution in [2.75, 3.05) is 32.1 Å². The van der Waals surface area contributed by atoms with Crippen LogP contribution in [0.5, 0.6) is 5.88 Å². The number of amides is 1. The molecule has 0 atom stereocenters. The summed E-state index contributed by atoms with van der Waals surface area (Å²) in [6, 6.07) is 20.5. The van der Waals surface area contributed by atoms with Crippen LogP contribution >= 0.6 is 0 Å². The molecule has 8 nitrogen and oxygen atoms in total. The van der Waals surface area contributed by atoms with Gasteiger partial charge in [-0.1, -0.05) is 36.4 Å². The van der Waals surface area contributed by atoms with E-state index in [1.165, 1.54) is 7.11 Å². The topological polar surface area (TPSA) is 107 Å². The smallest absolute Gasteiger partial charge is 0.337 e. The number of esters is 1. The summed E-state index contributed by atoms with van der Waals surface area (Å²) in [5, 5.41) is 14.6. The number of methoxy groups -OCH3 is 1. The highest BCUT2D eigenvalue weighted by Crippen LogP contribution is 2.35. The highest BCUT2D eigenvalue weighted by Gasteiger charge is 2.25. The molecule has 5 rings (SSSR count). The van der Waals surface area contributed by atoms with E-state index in [9.17, 15) is 14.7 Å². The third kappa shape index (κ3) is 4.23. The predicted octanol–water partition coefficient (Wildman–Crippen LogP) is 3.94. The Labute approximate surface area is 208 Å². The van der Waals surface area contributed by atoms with Crippen molar-refractivity contribution in [1.29, 1.82) is 0 Å². The lowest BCUT2D eigenvalue weighted by atomic mass is 10.00. The summed E-state index contributed by atoms with van der Waals surface area (Å²) in [5.74, 6) is -0.461. The number of anilines is 1. The van der Waals surface area contributed by atoms with Crippen LogP contribution in [0.2, 0.25) is 0 Å². The fourth-order valence-corrected chi connectivity index (χ4v) is 4.62. The highest BCUT2D eigenvalue weighted by atomic mass is 16.5. The van der Waals surface area contributed by atoms with Gasteiger partial charge in [0.05, 0.1) is 36.2 Å². The van der Waals surface area contributed by atoms with E-state index >= 15 is 0 Å². The van der Waals surface area contributed by atoms with Crippen LogP contribution in [-0.4, -0.2) is 54.9 Å². The first kappa shape index (κ1) is 23.3. The van der Waals surface area contributed by atoms with Gasteiger partial charge < -0.3 is 25.0 Å². The number of H-pyrrole nitrogens is 1. The van der Waals surface area contributed by atoms with Crippen molar-refractivity contribution in [2.24, 2.45) is 4.99 Å². The Balaban J connectivity index is 1.61. The number of hydrogen-bond acceptors (Lipinski definition) is 6. The molecule has 0 fully saturated rings. The summed E-state index contributed by atoms with van der Waals surface area (Å²) in [6.45, 7) is 0.926. The Bertz CT molecular complexity index is 1490. The molecule has 0 saturated heterocycles. The third-order valence-electron chi connectivity index (χ3n) is 6.31. The first-order chi connectivity index (χ1) is 17.5. The molecule has 36 heavy (non-hydrogen) atoms. The zero-order chi connectivity index (χ0) is 25.2. The minimum absolute atomic E-state index is 0.0347. The van der Waals surface area contributed by atoms with Crippen LogP contribution in [0, 0.1) is 0 Å². The van der Waals surface area contributed by atoms with E-state index in [1.807, 2.05) is 48.5 Å². The molecule has 0 unspecified atom stereocenters. The molecule has 0 spiro atoms. The van der Waals surface area contributed by atoms with Crippen LogP contribution in [0.25, 0.3) is 10.9 Å². The molecule has 0 bridgehead atoms. The number of rotatable bonds is 6. The Morgan fingerprint density at radius 3 is 2.64 bits per heavy atom. The van der Waals surface area contributed by atoms with Gasteiger partial charge in [0.15, 0.2) is 5.88 Å². The number of carbonyl (C=O) groups is 2. The number of likely N-dealkylation sites (N-methyl/N-ethyl adjacent to an activating group) is 1. The Morgan fingerprint density at radius 2 is 1.89 bits per heavy atom. The van der Waals surface area contributed by atoms with E-state index in [0.717, 1.165) is 34.3 Å². The number of fused-ring (bicyclic) bond motifs is 2. The second kappa shape index (κ2) is 9.67. The number of nitrogens with one attached hydrogen (secondary N) is 2. The number of carbonyl (C=O) groups excluding carboxylic acids is 2. The van der Waals surface area contributed by atoms with E-state index in [4.69, 9.17) is 9.73 Å². The Morgan fingerprint density at radius 1 is 1.08 bits per heavy atom. The van der Waals surface area contributed by atoms with Gasteiger partial charge in [-0.15, -0.1) is 0 Å². The van der Waals surface area contributed by atoms with Gasteiger partial charge in [-0.25, -0.2) is 9.79 Å². The SMILES string of the molecule is CNCC(=O)N1CCc2cc(N=C(c3ccccc3)c3c(O)[nH]c4cc(C(=O)OC)ccc34)ccc21. The molecule has 3 N–H and O–H groups in total. The Hall–Kier alpha value is -4.43. The van der Waals surface area contributed by atoms with Gasteiger partial charge in [-0.3, -0.25) is 4.79 Å². The number of aromatic hydroxyl groups is 1. The largest absolute Gasteiger partial charge is 0.494 e. The van der Waals surface area contributed by atoms with Crippen LogP contribution in [0.15, 0.2) is 71.7 Å². The molecule has 1 aliphatic rings. The normalized spacial score (nSPS) is 13.2. The molecule has 4 aromatic rings. The number of aromatic nitrogens is 1. The van der Waals surface area contributed by atoms with Gasteiger partial charge in [-0.05, 0) is 49.4 Å². The summed E-state index contributed by atoms with van der Waals surface area (Å²) in [7, 11) is 3.09. The van der Waals surface area contributed by atoms with Gasteiger partial charge >= 0.3 is 5.97 Å². The maximum atomic E-state index is 12.4. The lowest BCUT2D eigenvalue weighted by molar-refractivity contribution is -0.117. The first-order valence-electron chi connectivity index (χ1n) is 11.7. The monoisotopic (exact) mass is 482 g/mol. The summed E-state index contributed by atoms with van der Waals surface area (Å²) in [5.41, 5.74) is 5.62. The zero-order valence-corrected chi connectivity index (χ0v) is 20.0. The van der Waals surface area contributed by atoms with Gasteiger partial charge in [0.2, 0.25) is 5.91 Å². The number of aromatic amines is 1. The minimum Gasteiger partial charge on any atom is -0.494 e. The molecule has 2 heterocycles. The minimum atomic E-state index is -0.454. The number of nitrogens with zero attached hydrogens (tertiary/aromatic N) is 2. The van der Waals surface area contributed by atoms with Crippen LogP contribution < -0.4 is 10.2 Å². The van der Waals surface area contributed by atoms with Gasteiger partial charge in [-0.2, -0.15) is 0 Å². The molecule has 0 aliphatic carbocycles. The lowest BCUT2D eigenvalue weighted by Crippen LogP contribution is -2.35. The van der Waals surface area contributed by atoms with E-state index in [-0.39, 0.29) is 18.3 Å². The maximum Gasteiger partial charge on any atom is 0.337 e. The molecule has 1 aromatic heterocycles. The first-order valence-corrected chi connectivity index (χ1v) is 11.7. The van der Waals surface area contributed by atoms with Crippen molar-refractivity contribution in [1.82, 2.24) is 10.3 Å². The van der Waals surface area contributed by atoms with Crippen LogP contribution in [-0.2, 0) is 16.0 Å². The summed E-state index contributed by atoms with van der Waals surface area (Å²) >= 11 is 0. The van der Waals surface area contributed by atoms with Crippen LogP contribution in [0.4, 0.5) is 11.4 Å². The molecule has 3 aromatic carbocycles.